The molecular formula is C22H21FN4O4S. The minimum absolute atomic E-state index is 0.124. The summed E-state index contributed by atoms with van der Waals surface area (Å²) in [5.41, 5.74) is 0.816. The van der Waals surface area contributed by atoms with Crippen LogP contribution in [0.4, 0.5) is 10.3 Å². The fourth-order valence-corrected chi connectivity index (χ4v) is 4.99. The van der Waals surface area contributed by atoms with E-state index < -0.39 is 15.8 Å². The number of rotatable bonds is 6. The van der Waals surface area contributed by atoms with Crippen molar-refractivity contribution in [1.29, 1.82) is 5.26 Å². The van der Waals surface area contributed by atoms with E-state index in [2.05, 4.69) is 4.98 Å². The maximum absolute atomic E-state index is 14.0. The van der Waals surface area contributed by atoms with Gasteiger partial charge in [-0.05, 0) is 43.3 Å². The van der Waals surface area contributed by atoms with Crippen LogP contribution in [0.15, 0.2) is 57.8 Å². The van der Waals surface area contributed by atoms with E-state index >= 15 is 0 Å². The van der Waals surface area contributed by atoms with Crippen LogP contribution in [0.1, 0.15) is 12.6 Å². The zero-order chi connectivity index (χ0) is 22.7. The monoisotopic (exact) mass is 456 g/mol. The van der Waals surface area contributed by atoms with Crippen LogP contribution in [0.2, 0.25) is 0 Å². The highest BCUT2D eigenvalue weighted by molar-refractivity contribution is 7.89. The summed E-state index contributed by atoms with van der Waals surface area (Å²) in [5, 5.41) is 9.52. The molecule has 166 valence electrons. The number of nitriles is 1. The molecule has 10 heteroatoms. The van der Waals surface area contributed by atoms with Crippen molar-refractivity contribution in [1.82, 2.24) is 9.29 Å². The zero-order valence-corrected chi connectivity index (χ0v) is 18.2. The summed E-state index contributed by atoms with van der Waals surface area (Å²) in [6.07, 6.45) is 0. The lowest BCUT2D eigenvalue weighted by Crippen LogP contribution is -2.48. The van der Waals surface area contributed by atoms with Gasteiger partial charge in [-0.3, -0.25) is 0 Å². The molecule has 0 amide bonds. The van der Waals surface area contributed by atoms with Gasteiger partial charge in [-0.15, -0.1) is 0 Å². The Labute approximate surface area is 185 Å². The maximum Gasteiger partial charge on any atom is 0.246 e. The number of nitrogens with zero attached hydrogens (tertiary/aromatic N) is 4. The van der Waals surface area contributed by atoms with Crippen molar-refractivity contribution in [3.8, 4) is 23.3 Å². The Kier molecular flexibility index (Phi) is 6.12. The normalized spacial score (nSPS) is 14.8. The summed E-state index contributed by atoms with van der Waals surface area (Å²) < 4.78 is 52.2. The van der Waals surface area contributed by atoms with E-state index in [-0.39, 0.29) is 36.8 Å². The predicted molar refractivity (Wildman–Crippen MR) is 115 cm³/mol. The third-order valence-electron chi connectivity index (χ3n) is 5.11. The summed E-state index contributed by atoms with van der Waals surface area (Å²) in [7, 11) is -3.95. The number of anilines is 1. The van der Waals surface area contributed by atoms with Gasteiger partial charge in [0.2, 0.25) is 27.5 Å². The van der Waals surface area contributed by atoms with Crippen LogP contribution in [0.5, 0.6) is 5.75 Å². The molecule has 0 saturated carbocycles. The predicted octanol–water partition coefficient (Wildman–Crippen LogP) is 3.26. The number of aromatic nitrogens is 1. The second-order valence-electron chi connectivity index (χ2n) is 7.06. The quantitative estimate of drug-likeness (QED) is 0.561. The van der Waals surface area contributed by atoms with Gasteiger partial charge in [0.25, 0.3) is 0 Å². The van der Waals surface area contributed by atoms with Gasteiger partial charge in [0.15, 0.2) is 0 Å². The Morgan fingerprint density at radius 2 is 1.81 bits per heavy atom. The SMILES string of the molecule is CCOc1ccc(-c2nc(C#N)c(N3CCN(S(=O)(=O)c4ccccc4F)CC3)o2)cc1. The molecule has 4 rings (SSSR count). The Hall–Kier alpha value is -3.42. The molecule has 2 aromatic carbocycles. The van der Waals surface area contributed by atoms with Crippen LogP contribution in [-0.2, 0) is 10.0 Å². The van der Waals surface area contributed by atoms with Crippen LogP contribution in [-0.4, -0.2) is 50.5 Å². The van der Waals surface area contributed by atoms with Crippen molar-refractivity contribution in [3.63, 3.8) is 0 Å². The zero-order valence-electron chi connectivity index (χ0n) is 17.4. The Bertz CT molecular complexity index is 1240. The number of sulfonamides is 1. The van der Waals surface area contributed by atoms with E-state index in [1.54, 1.807) is 29.2 Å². The van der Waals surface area contributed by atoms with Crippen LogP contribution in [0, 0.1) is 17.1 Å². The number of hydrogen-bond donors (Lipinski definition) is 0. The van der Waals surface area contributed by atoms with Gasteiger partial charge < -0.3 is 14.1 Å². The lowest BCUT2D eigenvalue weighted by molar-refractivity contribution is 0.340. The highest BCUT2D eigenvalue weighted by Crippen LogP contribution is 2.30. The fraction of sp³-hybridized carbons (Fsp3) is 0.273. The lowest BCUT2D eigenvalue weighted by atomic mass is 10.2. The van der Waals surface area contributed by atoms with Gasteiger partial charge in [-0.1, -0.05) is 12.1 Å². The van der Waals surface area contributed by atoms with Crippen LogP contribution in [0.25, 0.3) is 11.5 Å². The summed E-state index contributed by atoms with van der Waals surface area (Å²) in [6, 6.07) is 14.5. The van der Waals surface area contributed by atoms with E-state index in [1.807, 2.05) is 13.0 Å². The van der Waals surface area contributed by atoms with Crippen molar-refractivity contribution in [2.24, 2.45) is 0 Å². The molecule has 8 nitrogen and oxygen atoms in total. The minimum Gasteiger partial charge on any atom is -0.494 e. The number of hydrogen-bond acceptors (Lipinski definition) is 7. The van der Waals surface area contributed by atoms with Crippen molar-refractivity contribution in [3.05, 3.63) is 60.0 Å². The molecule has 1 aliphatic rings. The molecule has 0 atom stereocenters. The third-order valence-corrected chi connectivity index (χ3v) is 7.04. The van der Waals surface area contributed by atoms with Gasteiger partial charge in [0.1, 0.15) is 22.5 Å². The van der Waals surface area contributed by atoms with Crippen molar-refractivity contribution in [2.45, 2.75) is 11.8 Å². The standard InChI is InChI=1S/C22H21FN4O4S/c1-2-30-17-9-7-16(8-10-17)21-25-19(15-24)22(31-21)26-11-13-27(14-12-26)32(28,29)20-6-4-3-5-18(20)23/h3-10H,2,11-14H2,1H3. The molecule has 0 unspecified atom stereocenters. The molecule has 0 N–H and O–H groups in total. The van der Waals surface area contributed by atoms with E-state index in [1.165, 1.54) is 22.5 Å². The Balaban J connectivity index is 1.51. The number of ether oxygens (including phenoxy) is 1. The first kappa shape index (κ1) is 21.8. The molecule has 0 bridgehead atoms. The van der Waals surface area contributed by atoms with Crippen LogP contribution in [0.3, 0.4) is 0 Å². The summed E-state index contributed by atoms with van der Waals surface area (Å²) in [5.74, 6) is 0.521. The summed E-state index contributed by atoms with van der Waals surface area (Å²) >= 11 is 0. The molecular weight excluding hydrogens is 435 g/mol. The first-order chi connectivity index (χ1) is 15.4. The summed E-state index contributed by atoms with van der Waals surface area (Å²) in [6.45, 7) is 3.26. The molecule has 1 fully saturated rings. The average molecular weight is 456 g/mol. The van der Waals surface area contributed by atoms with Gasteiger partial charge in [-0.25, -0.2) is 12.8 Å². The number of oxazole rings is 1. The first-order valence-corrected chi connectivity index (χ1v) is 11.5. The van der Waals surface area contributed by atoms with Gasteiger partial charge in [-0.2, -0.15) is 14.6 Å². The molecule has 1 saturated heterocycles. The number of halogens is 1. The second-order valence-corrected chi connectivity index (χ2v) is 8.97. The highest BCUT2D eigenvalue weighted by atomic mass is 32.2. The smallest absolute Gasteiger partial charge is 0.246 e. The van der Waals surface area contributed by atoms with E-state index in [0.29, 0.717) is 23.9 Å². The van der Waals surface area contributed by atoms with Crippen molar-refractivity contribution in [2.75, 3.05) is 37.7 Å². The van der Waals surface area contributed by atoms with Gasteiger partial charge in [0.05, 0.1) is 6.61 Å². The Morgan fingerprint density at radius 3 is 2.44 bits per heavy atom. The Morgan fingerprint density at radius 1 is 1.12 bits per heavy atom. The van der Waals surface area contributed by atoms with Crippen molar-refractivity contribution >= 4 is 15.9 Å². The largest absolute Gasteiger partial charge is 0.494 e. The number of piperazine rings is 1. The van der Waals surface area contributed by atoms with Crippen LogP contribution >= 0.6 is 0 Å². The minimum atomic E-state index is -3.95. The molecule has 32 heavy (non-hydrogen) atoms. The highest BCUT2D eigenvalue weighted by Gasteiger charge is 2.32. The molecule has 2 heterocycles. The van der Waals surface area contributed by atoms with E-state index in [4.69, 9.17) is 9.15 Å². The molecule has 0 aliphatic carbocycles. The average Bonchev–Trinajstić information content (AvgIpc) is 3.24. The molecule has 1 aromatic heterocycles. The van der Waals surface area contributed by atoms with Gasteiger partial charge >= 0.3 is 0 Å². The maximum atomic E-state index is 14.0. The summed E-state index contributed by atoms with van der Waals surface area (Å²) in [4.78, 5) is 5.72. The lowest BCUT2D eigenvalue weighted by Gasteiger charge is -2.33. The fourth-order valence-electron chi connectivity index (χ4n) is 3.51. The molecule has 0 spiro atoms. The number of benzene rings is 2. The van der Waals surface area contributed by atoms with Crippen molar-refractivity contribution < 1.29 is 22.0 Å². The van der Waals surface area contributed by atoms with Crippen LogP contribution < -0.4 is 9.64 Å². The molecule has 3 aromatic rings. The topological polar surface area (TPSA) is 99.7 Å². The first-order valence-electron chi connectivity index (χ1n) is 10.1. The second kappa shape index (κ2) is 8.98. The molecule has 0 radical (unpaired) electrons. The van der Waals surface area contributed by atoms with E-state index in [9.17, 15) is 18.1 Å². The van der Waals surface area contributed by atoms with E-state index in [0.717, 1.165) is 11.8 Å². The third kappa shape index (κ3) is 4.17. The van der Waals surface area contributed by atoms with Gasteiger partial charge in [0, 0.05) is 31.7 Å². The molecule has 1 aliphatic heterocycles.